The van der Waals surface area contributed by atoms with E-state index in [1.807, 2.05) is 10.8 Å². The SMILES string of the molecule is Cc1c(C)c(C)c(CC(=O)Cn2ccnc2)c(C)c1C. The van der Waals surface area contributed by atoms with Crippen LogP contribution >= 0.6 is 0 Å². The average molecular weight is 270 g/mol. The Morgan fingerprint density at radius 3 is 2.05 bits per heavy atom. The average Bonchev–Trinajstić information content (AvgIpc) is 2.92. The Kier molecular flexibility index (Phi) is 4.07. The number of hydrogen-bond donors (Lipinski definition) is 0. The van der Waals surface area contributed by atoms with Crippen molar-refractivity contribution in [2.45, 2.75) is 47.6 Å². The fraction of sp³-hybridized carbons (Fsp3) is 0.412. The molecule has 2 rings (SSSR count). The summed E-state index contributed by atoms with van der Waals surface area (Å²) in [5.74, 6) is 0.219. The topological polar surface area (TPSA) is 34.9 Å². The minimum Gasteiger partial charge on any atom is -0.330 e. The molecule has 0 N–H and O–H groups in total. The van der Waals surface area contributed by atoms with Crippen molar-refractivity contribution in [1.82, 2.24) is 9.55 Å². The van der Waals surface area contributed by atoms with Gasteiger partial charge in [-0.25, -0.2) is 4.98 Å². The molecule has 20 heavy (non-hydrogen) atoms. The number of ketones is 1. The van der Waals surface area contributed by atoms with Gasteiger partial charge in [-0.1, -0.05) is 0 Å². The van der Waals surface area contributed by atoms with Gasteiger partial charge in [-0.3, -0.25) is 4.79 Å². The molecule has 3 heteroatoms. The molecule has 106 valence electrons. The number of hydrogen-bond acceptors (Lipinski definition) is 2. The maximum atomic E-state index is 12.2. The van der Waals surface area contributed by atoms with E-state index < -0.39 is 0 Å². The number of imidazole rings is 1. The Morgan fingerprint density at radius 2 is 1.55 bits per heavy atom. The number of Topliss-reactive ketones (excluding diaryl/α,β-unsaturated/α-hetero) is 1. The van der Waals surface area contributed by atoms with Crippen LogP contribution in [0.25, 0.3) is 0 Å². The number of aromatic nitrogens is 2. The van der Waals surface area contributed by atoms with E-state index in [0.29, 0.717) is 13.0 Å². The molecular weight excluding hydrogens is 248 g/mol. The van der Waals surface area contributed by atoms with Gasteiger partial charge < -0.3 is 4.57 Å². The van der Waals surface area contributed by atoms with Gasteiger partial charge in [0, 0.05) is 18.8 Å². The third-order valence-electron chi connectivity index (χ3n) is 4.45. The van der Waals surface area contributed by atoms with E-state index in [-0.39, 0.29) is 5.78 Å². The van der Waals surface area contributed by atoms with Crippen molar-refractivity contribution in [3.8, 4) is 0 Å². The first-order valence-electron chi connectivity index (χ1n) is 6.95. The van der Waals surface area contributed by atoms with Crippen molar-refractivity contribution in [3.05, 3.63) is 52.1 Å². The highest BCUT2D eigenvalue weighted by atomic mass is 16.1. The first-order valence-corrected chi connectivity index (χ1v) is 6.95. The van der Waals surface area contributed by atoms with Gasteiger partial charge in [0.2, 0.25) is 0 Å². The van der Waals surface area contributed by atoms with E-state index in [0.717, 1.165) is 0 Å². The van der Waals surface area contributed by atoms with Crippen molar-refractivity contribution < 1.29 is 4.79 Å². The molecule has 0 saturated heterocycles. The lowest BCUT2D eigenvalue weighted by molar-refractivity contribution is -0.119. The maximum Gasteiger partial charge on any atom is 0.156 e. The fourth-order valence-corrected chi connectivity index (χ4v) is 2.68. The van der Waals surface area contributed by atoms with Crippen LogP contribution in [0.2, 0.25) is 0 Å². The van der Waals surface area contributed by atoms with Gasteiger partial charge >= 0.3 is 0 Å². The van der Waals surface area contributed by atoms with Crippen molar-refractivity contribution >= 4 is 5.78 Å². The van der Waals surface area contributed by atoms with Gasteiger partial charge in [0.05, 0.1) is 12.9 Å². The molecule has 0 aliphatic carbocycles. The second kappa shape index (κ2) is 5.61. The first-order chi connectivity index (χ1) is 9.41. The van der Waals surface area contributed by atoms with Crippen molar-refractivity contribution in [2.24, 2.45) is 0 Å². The zero-order valence-corrected chi connectivity index (χ0v) is 12.9. The highest BCUT2D eigenvalue weighted by molar-refractivity contribution is 5.81. The molecule has 0 aliphatic heterocycles. The van der Waals surface area contributed by atoms with Crippen molar-refractivity contribution in [3.63, 3.8) is 0 Å². The summed E-state index contributed by atoms with van der Waals surface area (Å²) in [5.41, 5.74) is 7.65. The molecule has 0 radical (unpaired) electrons. The lowest BCUT2D eigenvalue weighted by Crippen LogP contribution is -2.14. The van der Waals surface area contributed by atoms with E-state index in [1.54, 1.807) is 12.5 Å². The molecule has 0 spiro atoms. The molecule has 1 aromatic carbocycles. The molecule has 0 fully saturated rings. The highest BCUT2D eigenvalue weighted by Crippen LogP contribution is 2.26. The van der Waals surface area contributed by atoms with Crippen LogP contribution in [0, 0.1) is 34.6 Å². The monoisotopic (exact) mass is 270 g/mol. The lowest BCUT2D eigenvalue weighted by atomic mass is 9.87. The number of carbonyl (C=O) groups is 1. The Labute approximate surface area is 120 Å². The number of nitrogens with zero attached hydrogens (tertiary/aromatic N) is 2. The number of rotatable bonds is 4. The summed E-state index contributed by atoms with van der Waals surface area (Å²) in [7, 11) is 0. The van der Waals surface area contributed by atoms with Gasteiger partial charge in [0.1, 0.15) is 0 Å². The van der Waals surface area contributed by atoms with Crippen LogP contribution in [0.15, 0.2) is 18.7 Å². The molecule has 0 aliphatic rings. The van der Waals surface area contributed by atoms with Crippen LogP contribution in [0.3, 0.4) is 0 Å². The normalized spacial score (nSPS) is 10.8. The molecule has 3 nitrogen and oxygen atoms in total. The zero-order valence-electron chi connectivity index (χ0n) is 12.9. The smallest absolute Gasteiger partial charge is 0.156 e. The highest BCUT2D eigenvalue weighted by Gasteiger charge is 2.15. The zero-order chi connectivity index (χ0) is 14.9. The van der Waals surface area contributed by atoms with Crippen molar-refractivity contribution in [2.75, 3.05) is 0 Å². The van der Waals surface area contributed by atoms with E-state index in [2.05, 4.69) is 39.6 Å². The van der Waals surface area contributed by atoms with E-state index in [4.69, 9.17) is 0 Å². The molecule has 0 unspecified atom stereocenters. The van der Waals surface area contributed by atoms with Crippen LogP contribution in [-0.4, -0.2) is 15.3 Å². The quantitative estimate of drug-likeness (QED) is 0.855. The van der Waals surface area contributed by atoms with Crippen LogP contribution in [0.4, 0.5) is 0 Å². The predicted octanol–water partition coefficient (Wildman–Crippen LogP) is 3.24. The van der Waals surface area contributed by atoms with Gasteiger partial charge in [-0.05, 0) is 68.0 Å². The van der Waals surface area contributed by atoms with Crippen LogP contribution in [-0.2, 0) is 17.8 Å². The maximum absolute atomic E-state index is 12.2. The molecule has 0 bridgehead atoms. The standard InChI is InChI=1S/C17H22N2O/c1-11-12(2)14(4)17(15(5)13(11)3)8-16(20)9-19-7-6-18-10-19/h6-7,10H,8-9H2,1-5H3. The molecular formula is C17H22N2O. The van der Waals surface area contributed by atoms with Crippen LogP contribution in [0.1, 0.15) is 33.4 Å². The largest absolute Gasteiger partial charge is 0.330 e. The van der Waals surface area contributed by atoms with Crippen LogP contribution in [0.5, 0.6) is 0 Å². The Morgan fingerprint density at radius 1 is 1.00 bits per heavy atom. The lowest BCUT2D eigenvalue weighted by Gasteiger charge is -2.18. The second-order valence-corrected chi connectivity index (χ2v) is 5.55. The number of carbonyl (C=O) groups excluding carboxylic acids is 1. The molecule has 0 saturated carbocycles. The summed E-state index contributed by atoms with van der Waals surface area (Å²) >= 11 is 0. The summed E-state index contributed by atoms with van der Waals surface area (Å²) in [6.07, 6.45) is 5.70. The summed E-state index contributed by atoms with van der Waals surface area (Å²) in [4.78, 5) is 16.2. The third kappa shape index (κ3) is 2.67. The van der Waals surface area contributed by atoms with Gasteiger partial charge in [0.25, 0.3) is 0 Å². The van der Waals surface area contributed by atoms with E-state index >= 15 is 0 Å². The van der Waals surface area contributed by atoms with E-state index in [9.17, 15) is 4.79 Å². The second-order valence-electron chi connectivity index (χ2n) is 5.55. The predicted molar refractivity (Wildman–Crippen MR) is 81.1 cm³/mol. The number of benzene rings is 1. The molecule has 1 heterocycles. The van der Waals surface area contributed by atoms with Gasteiger partial charge in [0.15, 0.2) is 5.78 Å². The van der Waals surface area contributed by atoms with Gasteiger partial charge in [-0.2, -0.15) is 0 Å². The summed E-state index contributed by atoms with van der Waals surface area (Å²) in [5, 5.41) is 0. The summed E-state index contributed by atoms with van der Waals surface area (Å²) in [6.45, 7) is 11.1. The Balaban J connectivity index is 2.27. The summed E-state index contributed by atoms with van der Waals surface area (Å²) < 4.78 is 1.82. The Bertz CT molecular complexity index is 610. The van der Waals surface area contributed by atoms with Gasteiger partial charge in [-0.15, -0.1) is 0 Å². The van der Waals surface area contributed by atoms with Crippen molar-refractivity contribution in [1.29, 1.82) is 0 Å². The van der Waals surface area contributed by atoms with Crippen LogP contribution < -0.4 is 0 Å². The fourth-order valence-electron chi connectivity index (χ4n) is 2.68. The summed E-state index contributed by atoms with van der Waals surface area (Å²) in [6, 6.07) is 0. The van der Waals surface area contributed by atoms with E-state index in [1.165, 1.54) is 33.4 Å². The minimum atomic E-state index is 0.219. The molecule has 0 amide bonds. The third-order valence-corrected chi connectivity index (χ3v) is 4.45. The first kappa shape index (κ1) is 14.5. The Hall–Kier alpha value is -1.90. The molecule has 2 aromatic rings. The molecule has 1 aromatic heterocycles. The minimum absolute atomic E-state index is 0.219. The molecule has 0 atom stereocenters.